The lowest BCUT2D eigenvalue weighted by Crippen LogP contribution is -1.99. The minimum Gasteiger partial charge on any atom is -0.330 e. The van der Waals surface area contributed by atoms with Crippen molar-refractivity contribution in [1.29, 1.82) is 0 Å². The Balaban J connectivity index is 0. The van der Waals surface area contributed by atoms with E-state index in [1.165, 1.54) is 18.4 Å². The van der Waals surface area contributed by atoms with Gasteiger partial charge in [-0.3, -0.25) is 4.79 Å². The third-order valence-corrected chi connectivity index (χ3v) is 2.82. The molecule has 0 amide bonds. The van der Waals surface area contributed by atoms with Gasteiger partial charge in [0.05, 0.1) is 0 Å². The fourth-order valence-corrected chi connectivity index (χ4v) is 1.78. The SMILES string of the molecule is CC.NCCC1=CCCC=C1.NCCCCCC(=O)S. The van der Waals surface area contributed by atoms with E-state index in [2.05, 4.69) is 30.9 Å². The topological polar surface area (TPSA) is 69.1 Å². The molecule has 0 unspecified atom stereocenters. The van der Waals surface area contributed by atoms with Crippen molar-refractivity contribution in [1.82, 2.24) is 0 Å². The molecule has 0 bridgehead atoms. The lowest BCUT2D eigenvalue weighted by atomic mass is 10.0. The number of carbonyl (C=O) groups is 1. The van der Waals surface area contributed by atoms with Crippen molar-refractivity contribution in [2.24, 2.45) is 11.5 Å². The van der Waals surface area contributed by atoms with Crippen molar-refractivity contribution in [2.75, 3.05) is 13.1 Å². The maximum Gasteiger partial charge on any atom is 0.185 e. The summed E-state index contributed by atoms with van der Waals surface area (Å²) in [4.78, 5) is 10.2. The summed E-state index contributed by atoms with van der Waals surface area (Å²) in [6.45, 7) is 5.50. The van der Waals surface area contributed by atoms with Gasteiger partial charge in [-0.15, -0.1) is 12.6 Å². The third-order valence-electron chi connectivity index (χ3n) is 2.60. The van der Waals surface area contributed by atoms with Gasteiger partial charge in [-0.1, -0.05) is 44.1 Å². The number of unbranched alkanes of at least 4 members (excludes halogenated alkanes) is 2. The summed E-state index contributed by atoms with van der Waals surface area (Å²) in [6, 6.07) is 0. The molecule has 0 atom stereocenters. The van der Waals surface area contributed by atoms with E-state index in [9.17, 15) is 4.79 Å². The van der Waals surface area contributed by atoms with Gasteiger partial charge in [-0.25, -0.2) is 0 Å². The molecule has 4 heteroatoms. The van der Waals surface area contributed by atoms with E-state index >= 15 is 0 Å². The predicted octanol–water partition coefficient (Wildman–Crippen LogP) is 3.60. The van der Waals surface area contributed by atoms with Gasteiger partial charge in [0, 0.05) is 6.42 Å². The summed E-state index contributed by atoms with van der Waals surface area (Å²) in [5.74, 6) is 0. The van der Waals surface area contributed by atoms with Crippen LogP contribution in [0.4, 0.5) is 0 Å². The van der Waals surface area contributed by atoms with E-state index in [-0.39, 0.29) is 5.12 Å². The van der Waals surface area contributed by atoms with Crippen LogP contribution >= 0.6 is 12.6 Å². The maximum atomic E-state index is 10.2. The fraction of sp³-hybridized carbons (Fsp3) is 0.688. The van der Waals surface area contributed by atoms with E-state index < -0.39 is 0 Å². The van der Waals surface area contributed by atoms with Gasteiger partial charge in [-0.05, 0) is 45.2 Å². The number of hydrogen-bond acceptors (Lipinski definition) is 3. The van der Waals surface area contributed by atoms with E-state index in [0.717, 1.165) is 38.8 Å². The first kappa shape index (κ1) is 21.7. The van der Waals surface area contributed by atoms with Crippen molar-refractivity contribution < 1.29 is 4.79 Å². The Hall–Kier alpha value is -0.580. The molecule has 0 fully saturated rings. The molecule has 0 spiro atoms. The molecular formula is C16H32N2OS. The zero-order valence-corrected chi connectivity index (χ0v) is 14.0. The van der Waals surface area contributed by atoms with Crippen LogP contribution in [0.2, 0.25) is 0 Å². The maximum absolute atomic E-state index is 10.2. The van der Waals surface area contributed by atoms with Gasteiger partial charge < -0.3 is 11.5 Å². The van der Waals surface area contributed by atoms with E-state index in [4.69, 9.17) is 11.5 Å². The number of hydrogen-bond donors (Lipinski definition) is 3. The molecule has 20 heavy (non-hydrogen) atoms. The number of thiol groups is 1. The molecule has 4 N–H and O–H groups in total. The summed E-state index contributed by atoms with van der Waals surface area (Å²) in [5, 5.41) is -0.0213. The van der Waals surface area contributed by atoms with Crippen molar-refractivity contribution in [2.45, 2.75) is 58.8 Å². The van der Waals surface area contributed by atoms with Crippen LogP contribution in [-0.4, -0.2) is 18.2 Å². The second-order valence-electron chi connectivity index (χ2n) is 4.29. The summed E-state index contributed by atoms with van der Waals surface area (Å²) < 4.78 is 0. The lowest BCUT2D eigenvalue weighted by molar-refractivity contribution is -0.110. The number of nitrogens with two attached hydrogens (primary N) is 2. The average molecular weight is 301 g/mol. The van der Waals surface area contributed by atoms with Crippen molar-refractivity contribution in [3.63, 3.8) is 0 Å². The smallest absolute Gasteiger partial charge is 0.185 e. The second-order valence-corrected chi connectivity index (χ2v) is 4.79. The lowest BCUT2D eigenvalue weighted by Gasteiger charge is -2.03. The van der Waals surface area contributed by atoms with Crippen molar-refractivity contribution in [3.8, 4) is 0 Å². The Morgan fingerprint density at radius 3 is 2.30 bits per heavy atom. The Kier molecular flexibility index (Phi) is 20.0. The first-order valence-corrected chi connectivity index (χ1v) is 8.13. The quantitative estimate of drug-likeness (QED) is 0.497. The summed E-state index contributed by atoms with van der Waals surface area (Å²) in [6.07, 6.45) is 13.7. The zero-order valence-electron chi connectivity index (χ0n) is 13.1. The Labute approximate surface area is 130 Å². The van der Waals surface area contributed by atoms with Crippen molar-refractivity contribution >= 4 is 17.7 Å². The van der Waals surface area contributed by atoms with Gasteiger partial charge in [-0.2, -0.15) is 0 Å². The molecule has 0 saturated carbocycles. The second kappa shape index (κ2) is 18.4. The molecule has 0 aromatic carbocycles. The molecule has 118 valence electrons. The highest BCUT2D eigenvalue weighted by atomic mass is 32.1. The minimum absolute atomic E-state index is 0.0213. The first-order chi connectivity index (χ1) is 9.70. The highest BCUT2D eigenvalue weighted by molar-refractivity contribution is 7.96. The van der Waals surface area contributed by atoms with Crippen LogP contribution in [0, 0.1) is 0 Å². The van der Waals surface area contributed by atoms with Crippen LogP contribution in [0.25, 0.3) is 0 Å². The standard InChI is InChI=1S/C8H13N.C6H13NOS.C2H6/c9-7-6-8-4-2-1-3-5-8;7-5-3-1-2-4-6(8)9;1-2/h2,4-5H,1,3,6-7,9H2;1-5,7H2,(H,8,9);1-2H3. The highest BCUT2D eigenvalue weighted by Gasteiger charge is 1.93. The summed E-state index contributed by atoms with van der Waals surface area (Å²) >= 11 is 3.63. The zero-order chi connectivity index (χ0) is 15.6. The van der Waals surface area contributed by atoms with Crippen LogP contribution in [-0.2, 0) is 4.79 Å². The summed E-state index contributed by atoms with van der Waals surface area (Å²) in [5.41, 5.74) is 12.0. The van der Waals surface area contributed by atoms with Gasteiger partial charge >= 0.3 is 0 Å². The molecule has 0 aromatic rings. The Morgan fingerprint density at radius 2 is 1.85 bits per heavy atom. The van der Waals surface area contributed by atoms with E-state index in [1.807, 2.05) is 13.8 Å². The molecule has 1 rings (SSSR count). The third kappa shape index (κ3) is 17.4. The Bertz CT molecular complexity index is 276. The van der Waals surface area contributed by atoms with Gasteiger partial charge in [0.1, 0.15) is 0 Å². The van der Waals surface area contributed by atoms with E-state index in [1.54, 1.807) is 0 Å². The number of rotatable bonds is 7. The number of allylic oxidation sites excluding steroid dienone is 3. The van der Waals surface area contributed by atoms with Crippen LogP contribution in [0.15, 0.2) is 23.8 Å². The predicted molar refractivity (Wildman–Crippen MR) is 93.0 cm³/mol. The van der Waals surface area contributed by atoms with Crippen molar-refractivity contribution in [3.05, 3.63) is 23.8 Å². The molecular weight excluding hydrogens is 268 g/mol. The molecule has 1 aliphatic carbocycles. The monoisotopic (exact) mass is 300 g/mol. The molecule has 0 heterocycles. The molecule has 0 radical (unpaired) electrons. The molecule has 1 aliphatic rings. The molecule has 0 aromatic heterocycles. The van der Waals surface area contributed by atoms with Crippen LogP contribution in [0.3, 0.4) is 0 Å². The van der Waals surface area contributed by atoms with Crippen LogP contribution in [0.5, 0.6) is 0 Å². The van der Waals surface area contributed by atoms with Crippen LogP contribution in [0.1, 0.15) is 58.8 Å². The van der Waals surface area contributed by atoms with E-state index in [0.29, 0.717) is 6.42 Å². The largest absolute Gasteiger partial charge is 0.330 e. The average Bonchev–Trinajstić information content (AvgIpc) is 2.48. The summed E-state index contributed by atoms with van der Waals surface area (Å²) in [7, 11) is 0. The Morgan fingerprint density at radius 1 is 1.15 bits per heavy atom. The molecule has 0 saturated heterocycles. The van der Waals surface area contributed by atoms with Crippen LogP contribution < -0.4 is 11.5 Å². The fourth-order valence-electron chi connectivity index (χ4n) is 1.62. The normalized spacial score (nSPS) is 12.6. The number of carbonyl (C=O) groups excluding carboxylic acids is 1. The first-order valence-electron chi connectivity index (χ1n) is 7.68. The molecule has 3 nitrogen and oxygen atoms in total. The van der Waals surface area contributed by atoms with Gasteiger partial charge in [0.25, 0.3) is 0 Å². The molecule has 0 aliphatic heterocycles. The van der Waals surface area contributed by atoms with Gasteiger partial charge in [0.15, 0.2) is 5.12 Å². The minimum atomic E-state index is -0.0213. The highest BCUT2D eigenvalue weighted by Crippen LogP contribution is 2.11. The van der Waals surface area contributed by atoms with Gasteiger partial charge in [0.2, 0.25) is 0 Å².